The van der Waals surface area contributed by atoms with E-state index in [4.69, 9.17) is 0 Å². The minimum absolute atomic E-state index is 0.145. The molecule has 0 bridgehead atoms. The standard InChI is InChI=1S/C13H12INO2S/c14-12-5-1-4-11-10(12)3-2-6-13(11)15(18(16)17)9-7-8-9/h1-6,9H,7-8H2,(H,16,17)/p-1. The van der Waals surface area contributed by atoms with Gasteiger partial charge in [-0.05, 0) is 53.0 Å². The third-order valence-corrected chi connectivity index (χ3v) is 4.88. The van der Waals surface area contributed by atoms with Crippen LogP contribution in [0.2, 0.25) is 0 Å². The molecule has 1 unspecified atom stereocenters. The van der Waals surface area contributed by atoms with Gasteiger partial charge in [-0.2, -0.15) is 0 Å². The minimum atomic E-state index is -2.20. The van der Waals surface area contributed by atoms with Gasteiger partial charge in [0.15, 0.2) is 0 Å². The molecule has 1 saturated carbocycles. The van der Waals surface area contributed by atoms with Gasteiger partial charge in [-0.3, -0.25) is 8.51 Å². The smallest absolute Gasteiger partial charge is 0.0564 e. The zero-order valence-electron chi connectivity index (χ0n) is 9.51. The van der Waals surface area contributed by atoms with E-state index in [0.29, 0.717) is 0 Å². The molecule has 0 saturated heterocycles. The van der Waals surface area contributed by atoms with Gasteiger partial charge in [-0.25, -0.2) is 0 Å². The average Bonchev–Trinajstić information content (AvgIpc) is 3.15. The first-order valence-electron chi connectivity index (χ1n) is 5.74. The highest BCUT2D eigenvalue weighted by Crippen LogP contribution is 2.37. The molecule has 1 aliphatic rings. The van der Waals surface area contributed by atoms with Crippen LogP contribution in [0.3, 0.4) is 0 Å². The number of benzene rings is 2. The van der Waals surface area contributed by atoms with E-state index in [0.717, 1.165) is 32.9 Å². The van der Waals surface area contributed by atoms with Crippen LogP contribution in [0.25, 0.3) is 10.8 Å². The van der Waals surface area contributed by atoms with Crippen molar-refractivity contribution in [3.05, 3.63) is 40.0 Å². The summed E-state index contributed by atoms with van der Waals surface area (Å²) in [5, 5.41) is 2.10. The second kappa shape index (κ2) is 4.79. The third-order valence-electron chi connectivity index (χ3n) is 3.12. The molecule has 0 spiro atoms. The monoisotopic (exact) mass is 372 g/mol. The Morgan fingerprint density at radius 1 is 1.17 bits per heavy atom. The number of halogens is 1. The van der Waals surface area contributed by atoms with Crippen LogP contribution >= 0.6 is 22.6 Å². The van der Waals surface area contributed by atoms with Crippen LogP contribution in [-0.2, 0) is 11.3 Å². The van der Waals surface area contributed by atoms with Gasteiger partial charge in [0.05, 0.1) is 5.69 Å². The summed E-state index contributed by atoms with van der Waals surface area (Å²) in [6.07, 6.45) is 1.91. The van der Waals surface area contributed by atoms with Gasteiger partial charge in [0.2, 0.25) is 0 Å². The summed E-state index contributed by atoms with van der Waals surface area (Å²) in [5.41, 5.74) is 0.793. The fourth-order valence-corrected chi connectivity index (χ4v) is 3.61. The molecule has 0 aliphatic heterocycles. The molecule has 0 amide bonds. The van der Waals surface area contributed by atoms with Gasteiger partial charge in [-0.15, -0.1) is 0 Å². The third kappa shape index (κ3) is 2.15. The molecule has 5 heteroatoms. The Morgan fingerprint density at radius 3 is 2.50 bits per heavy atom. The quantitative estimate of drug-likeness (QED) is 0.614. The fourth-order valence-electron chi connectivity index (χ4n) is 2.15. The number of anilines is 1. The maximum Gasteiger partial charge on any atom is 0.0564 e. The molecule has 3 rings (SSSR count). The maximum atomic E-state index is 11.4. The van der Waals surface area contributed by atoms with Gasteiger partial charge in [0, 0.05) is 26.3 Å². The summed E-state index contributed by atoms with van der Waals surface area (Å²) in [4.78, 5) is 0. The summed E-state index contributed by atoms with van der Waals surface area (Å²) < 4.78 is 25.5. The lowest BCUT2D eigenvalue weighted by molar-refractivity contribution is 0.531. The Bertz CT molecular complexity index is 627. The van der Waals surface area contributed by atoms with E-state index < -0.39 is 11.3 Å². The first-order chi connectivity index (χ1) is 8.68. The molecular weight excluding hydrogens is 361 g/mol. The Labute approximate surface area is 122 Å². The molecular formula is C13H11INO2S-. The van der Waals surface area contributed by atoms with E-state index in [1.165, 1.54) is 4.31 Å². The van der Waals surface area contributed by atoms with E-state index in [9.17, 15) is 8.76 Å². The van der Waals surface area contributed by atoms with Crippen molar-refractivity contribution < 1.29 is 8.76 Å². The van der Waals surface area contributed by atoms with Gasteiger partial charge in [0.1, 0.15) is 0 Å². The highest BCUT2D eigenvalue weighted by atomic mass is 127. The SMILES string of the molecule is O=S([O-])N(c1cccc2c(I)cccc12)C1CC1. The molecule has 1 fully saturated rings. The normalized spacial score (nSPS) is 16.8. The van der Waals surface area contributed by atoms with Crippen LogP contribution in [0.15, 0.2) is 36.4 Å². The van der Waals surface area contributed by atoms with E-state index in [2.05, 4.69) is 22.6 Å². The molecule has 0 N–H and O–H groups in total. The second-order valence-electron chi connectivity index (χ2n) is 4.39. The number of nitrogens with zero attached hydrogens (tertiary/aromatic N) is 1. The summed E-state index contributed by atoms with van der Waals surface area (Å²) in [6.45, 7) is 0. The Kier molecular flexibility index (Phi) is 3.29. The first kappa shape index (κ1) is 12.4. The van der Waals surface area contributed by atoms with Crippen LogP contribution in [0.4, 0.5) is 5.69 Å². The zero-order valence-corrected chi connectivity index (χ0v) is 12.5. The van der Waals surface area contributed by atoms with Crippen molar-refractivity contribution in [2.24, 2.45) is 0 Å². The highest BCUT2D eigenvalue weighted by Gasteiger charge is 2.31. The summed E-state index contributed by atoms with van der Waals surface area (Å²) in [5.74, 6) is 0. The average molecular weight is 372 g/mol. The fraction of sp³-hybridized carbons (Fsp3) is 0.231. The first-order valence-corrected chi connectivity index (χ1v) is 7.85. The molecule has 1 atom stereocenters. The summed E-state index contributed by atoms with van der Waals surface area (Å²) in [7, 11) is 0. The van der Waals surface area contributed by atoms with Crippen molar-refractivity contribution >= 4 is 50.3 Å². The zero-order chi connectivity index (χ0) is 12.7. The van der Waals surface area contributed by atoms with E-state index in [-0.39, 0.29) is 6.04 Å². The minimum Gasteiger partial charge on any atom is -0.755 e. The van der Waals surface area contributed by atoms with Gasteiger partial charge >= 0.3 is 0 Å². The van der Waals surface area contributed by atoms with Crippen molar-refractivity contribution in [1.29, 1.82) is 0 Å². The highest BCUT2D eigenvalue weighted by molar-refractivity contribution is 14.1. The van der Waals surface area contributed by atoms with Crippen molar-refractivity contribution in [3.63, 3.8) is 0 Å². The largest absolute Gasteiger partial charge is 0.755 e. The van der Waals surface area contributed by atoms with Crippen molar-refractivity contribution in [2.45, 2.75) is 18.9 Å². The number of hydrogen-bond acceptors (Lipinski definition) is 2. The van der Waals surface area contributed by atoms with Crippen LogP contribution < -0.4 is 4.31 Å². The van der Waals surface area contributed by atoms with Crippen LogP contribution in [-0.4, -0.2) is 14.8 Å². The lowest BCUT2D eigenvalue weighted by atomic mass is 10.1. The topological polar surface area (TPSA) is 43.4 Å². The number of rotatable bonds is 3. The van der Waals surface area contributed by atoms with Gasteiger partial charge in [-0.1, -0.05) is 24.3 Å². The molecule has 18 heavy (non-hydrogen) atoms. The lowest BCUT2D eigenvalue weighted by Gasteiger charge is -2.27. The maximum absolute atomic E-state index is 11.4. The molecule has 0 heterocycles. The molecule has 2 aromatic carbocycles. The predicted octanol–water partition coefficient (Wildman–Crippen LogP) is 3.21. The van der Waals surface area contributed by atoms with Crippen molar-refractivity contribution in [3.8, 4) is 0 Å². The van der Waals surface area contributed by atoms with Crippen LogP contribution in [0.5, 0.6) is 0 Å². The Morgan fingerprint density at radius 2 is 1.83 bits per heavy atom. The molecule has 2 aromatic rings. The number of fused-ring (bicyclic) bond motifs is 1. The summed E-state index contributed by atoms with van der Waals surface area (Å²) in [6, 6.07) is 11.9. The molecule has 94 valence electrons. The predicted molar refractivity (Wildman–Crippen MR) is 81.1 cm³/mol. The van der Waals surface area contributed by atoms with E-state index >= 15 is 0 Å². The lowest BCUT2D eigenvalue weighted by Crippen LogP contribution is -2.27. The van der Waals surface area contributed by atoms with Crippen LogP contribution in [0, 0.1) is 3.57 Å². The molecule has 3 nitrogen and oxygen atoms in total. The molecule has 0 aromatic heterocycles. The number of hydrogen-bond donors (Lipinski definition) is 0. The van der Waals surface area contributed by atoms with Gasteiger partial charge < -0.3 is 4.55 Å². The van der Waals surface area contributed by atoms with E-state index in [1.807, 2.05) is 36.4 Å². The van der Waals surface area contributed by atoms with Gasteiger partial charge in [0.25, 0.3) is 0 Å². The summed E-state index contributed by atoms with van der Waals surface area (Å²) >= 11 is 0.0723. The van der Waals surface area contributed by atoms with Crippen molar-refractivity contribution in [2.75, 3.05) is 4.31 Å². The van der Waals surface area contributed by atoms with E-state index in [1.54, 1.807) is 0 Å². The second-order valence-corrected chi connectivity index (χ2v) is 6.38. The Hall–Kier alpha value is -0.660. The molecule has 0 radical (unpaired) electrons. The molecule has 1 aliphatic carbocycles. The van der Waals surface area contributed by atoms with Crippen molar-refractivity contribution in [1.82, 2.24) is 0 Å². The Balaban J connectivity index is 2.22. The van der Waals surface area contributed by atoms with Crippen LogP contribution in [0.1, 0.15) is 12.8 Å².